The Morgan fingerprint density at radius 2 is 1.67 bits per heavy atom. The zero-order valence-electron chi connectivity index (χ0n) is 6.77. The van der Waals surface area contributed by atoms with Gasteiger partial charge >= 0.3 is 0 Å². The van der Waals surface area contributed by atoms with Gasteiger partial charge in [0.15, 0.2) is 0 Å². The van der Waals surface area contributed by atoms with Crippen LogP contribution in [0.25, 0.3) is 0 Å². The van der Waals surface area contributed by atoms with Crippen LogP contribution in [0.5, 0.6) is 0 Å². The summed E-state index contributed by atoms with van der Waals surface area (Å²) in [6.45, 7) is 2.08. The predicted octanol–water partition coefficient (Wildman–Crippen LogP) is 1.33. The molecule has 64 valence electrons. The molecule has 1 aromatic rings. The van der Waals surface area contributed by atoms with E-state index >= 15 is 0 Å². The fraction of sp³-hybridized carbons (Fsp3) is 0.143. The maximum atomic E-state index is 8.56. The largest absolute Gasteiger partial charge is 0.750 e. The summed E-state index contributed by atoms with van der Waals surface area (Å²) in [4.78, 5) is 0. The van der Waals surface area contributed by atoms with E-state index in [9.17, 15) is 0 Å². The van der Waals surface area contributed by atoms with Crippen molar-refractivity contribution in [3.8, 4) is 0 Å². The Morgan fingerprint density at radius 3 is 1.83 bits per heavy atom. The van der Waals surface area contributed by atoms with Crippen LogP contribution in [0, 0.1) is 6.92 Å². The van der Waals surface area contributed by atoms with E-state index in [1.807, 2.05) is 18.2 Å². The third-order valence-electron chi connectivity index (χ3n) is 0.940. The first-order valence-electron chi connectivity index (χ1n) is 2.93. The zero-order valence-corrected chi connectivity index (χ0v) is 10.5. The molecule has 0 aliphatic heterocycles. The van der Waals surface area contributed by atoms with Crippen molar-refractivity contribution in [1.82, 2.24) is 0 Å². The maximum absolute atomic E-state index is 8.56. The van der Waals surface area contributed by atoms with Crippen LogP contribution in [0.3, 0.4) is 0 Å². The topological polar surface area (TPSA) is 60.4 Å². The Kier molecular flexibility index (Phi) is 10.8. The van der Waals surface area contributed by atoms with Gasteiger partial charge in [-0.1, -0.05) is 35.9 Å². The Balaban J connectivity index is 0. The van der Waals surface area contributed by atoms with Gasteiger partial charge in [0.05, 0.1) is 11.4 Å². The number of hydrogen-bond donors (Lipinski definition) is 1. The van der Waals surface area contributed by atoms with Crippen LogP contribution >= 0.6 is 0 Å². The molecule has 0 fully saturated rings. The average molecular weight is 239 g/mol. The predicted molar refractivity (Wildman–Crippen MR) is 42.7 cm³/mol. The molecular formula is C7H9O3SZn-. The fourth-order valence-corrected chi connectivity index (χ4v) is 0.534. The molecule has 5 heteroatoms. The Bertz CT molecular complexity index is 211. The minimum absolute atomic E-state index is 0. The van der Waals surface area contributed by atoms with Crippen LogP contribution in [-0.2, 0) is 30.8 Å². The molecular weight excluding hydrogens is 230 g/mol. The summed E-state index contributed by atoms with van der Waals surface area (Å²) in [5.41, 5.74) is 1.32. The van der Waals surface area contributed by atoms with Gasteiger partial charge in [0.25, 0.3) is 0 Å². The van der Waals surface area contributed by atoms with Crippen molar-refractivity contribution in [2.45, 2.75) is 6.92 Å². The van der Waals surface area contributed by atoms with Gasteiger partial charge in [0.1, 0.15) is 0 Å². The molecule has 0 saturated heterocycles. The molecule has 1 N–H and O–H groups in total. The summed E-state index contributed by atoms with van der Waals surface area (Å²) in [5, 5.41) is 0. The van der Waals surface area contributed by atoms with Gasteiger partial charge in [-0.2, -0.15) is 0 Å². The van der Waals surface area contributed by atoms with Gasteiger partial charge in [-0.15, -0.1) is 0 Å². The van der Waals surface area contributed by atoms with Gasteiger partial charge in [-0.25, -0.2) is 4.21 Å². The van der Waals surface area contributed by atoms with E-state index in [0.717, 1.165) is 0 Å². The van der Waals surface area contributed by atoms with Crippen molar-refractivity contribution in [3.05, 3.63) is 35.9 Å². The first-order chi connectivity index (χ1) is 5.13. The molecule has 0 aliphatic carbocycles. The normalized spacial score (nSPS) is 10.2. The summed E-state index contributed by atoms with van der Waals surface area (Å²) in [6.07, 6.45) is 0. The summed E-state index contributed by atoms with van der Waals surface area (Å²) in [6, 6.07) is 10.3. The molecule has 3 nitrogen and oxygen atoms in total. The van der Waals surface area contributed by atoms with Crippen LogP contribution in [0.4, 0.5) is 0 Å². The second-order valence-electron chi connectivity index (χ2n) is 1.87. The van der Waals surface area contributed by atoms with E-state index < -0.39 is 11.4 Å². The number of rotatable bonds is 0. The minimum Gasteiger partial charge on any atom is -0.750 e. The Morgan fingerprint density at radius 1 is 1.33 bits per heavy atom. The smallest absolute Gasteiger partial charge is 0.0814 e. The molecule has 0 heterocycles. The molecule has 12 heavy (non-hydrogen) atoms. The van der Waals surface area contributed by atoms with Crippen molar-refractivity contribution < 1.29 is 32.8 Å². The molecule has 0 aliphatic rings. The van der Waals surface area contributed by atoms with E-state index in [1.165, 1.54) is 5.56 Å². The van der Waals surface area contributed by atoms with Crippen molar-refractivity contribution in [1.29, 1.82) is 0 Å². The number of hydrogen-bond acceptors (Lipinski definition) is 2. The molecule has 1 rings (SSSR count). The van der Waals surface area contributed by atoms with Gasteiger partial charge < -0.3 is 9.11 Å². The summed E-state index contributed by atoms with van der Waals surface area (Å²) in [7, 11) is 0. The summed E-state index contributed by atoms with van der Waals surface area (Å²) < 4.78 is 24.1. The Labute approximate surface area is 87.1 Å². The third-order valence-corrected chi connectivity index (χ3v) is 0.940. The second-order valence-corrected chi connectivity index (χ2v) is 2.31. The quantitative estimate of drug-likeness (QED) is 0.548. The van der Waals surface area contributed by atoms with Gasteiger partial charge in [0.2, 0.25) is 0 Å². The SMILES string of the molecule is Cc1ccccc1.O=S([O-])O.[Zn]. The number of aryl methyl sites for hydroxylation is 1. The van der Waals surface area contributed by atoms with Crippen molar-refractivity contribution in [2.75, 3.05) is 0 Å². The summed E-state index contributed by atoms with van der Waals surface area (Å²) in [5.74, 6) is 0. The molecule has 0 spiro atoms. The maximum Gasteiger partial charge on any atom is 0.0814 e. The van der Waals surface area contributed by atoms with E-state index in [4.69, 9.17) is 13.3 Å². The molecule has 1 unspecified atom stereocenters. The summed E-state index contributed by atoms with van der Waals surface area (Å²) >= 11 is -2.86. The third kappa shape index (κ3) is 12.6. The number of benzene rings is 1. The second kappa shape index (κ2) is 9.01. The Hall–Kier alpha value is -0.0866. The van der Waals surface area contributed by atoms with E-state index in [-0.39, 0.29) is 19.5 Å². The first kappa shape index (κ1) is 14.4. The average Bonchev–Trinajstić information content (AvgIpc) is 1.87. The van der Waals surface area contributed by atoms with Crippen LogP contribution in [0.2, 0.25) is 0 Å². The monoisotopic (exact) mass is 237 g/mol. The zero-order chi connectivity index (χ0) is 8.69. The van der Waals surface area contributed by atoms with Gasteiger partial charge in [-0.3, -0.25) is 0 Å². The van der Waals surface area contributed by atoms with Crippen LogP contribution in [0.1, 0.15) is 5.56 Å². The van der Waals surface area contributed by atoms with Gasteiger partial charge in [-0.05, 0) is 6.92 Å². The molecule has 0 saturated carbocycles. The van der Waals surface area contributed by atoms with Crippen molar-refractivity contribution in [3.63, 3.8) is 0 Å². The molecule has 1 atom stereocenters. The van der Waals surface area contributed by atoms with Crippen molar-refractivity contribution in [2.24, 2.45) is 0 Å². The first-order valence-corrected chi connectivity index (χ1v) is 3.96. The van der Waals surface area contributed by atoms with E-state index in [1.54, 1.807) is 0 Å². The van der Waals surface area contributed by atoms with Crippen molar-refractivity contribution >= 4 is 11.4 Å². The fourth-order valence-electron chi connectivity index (χ4n) is 0.534. The molecule has 0 aromatic heterocycles. The van der Waals surface area contributed by atoms with Gasteiger partial charge in [0, 0.05) is 19.5 Å². The minimum atomic E-state index is -2.86. The van der Waals surface area contributed by atoms with E-state index in [2.05, 4.69) is 19.1 Å². The molecule has 0 bridgehead atoms. The van der Waals surface area contributed by atoms with Crippen LogP contribution in [-0.4, -0.2) is 13.3 Å². The molecule has 1 aromatic carbocycles. The van der Waals surface area contributed by atoms with Crippen LogP contribution < -0.4 is 0 Å². The molecule has 0 radical (unpaired) electrons. The van der Waals surface area contributed by atoms with Crippen LogP contribution in [0.15, 0.2) is 30.3 Å². The standard InChI is InChI=1S/C7H8.H2O3S.Zn/c1-7-5-3-2-4-6-7;1-4(2)3;/h2-6H,1H3;(H2,1,2,3);/p-1. The molecule has 0 amide bonds. The van der Waals surface area contributed by atoms with E-state index in [0.29, 0.717) is 0 Å².